The average molecular weight is 394 g/mol. The minimum absolute atomic E-state index is 0.0432. The second kappa shape index (κ2) is 8.68. The molecule has 1 aliphatic rings. The number of carbonyl (C=O) groups is 4. The SMILES string of the molecule is CC(=O)c1ccccc1NC(=O)COC(=O)[C@H]1CC(=O)N(c2ccc(C)cc2)C1. The van der Waals surface area contributed by atoms with Gasteiger partial charge in [-0.1, -0.05) is 29.8 Å². The molecule has 0 spiro atoms. The lowest BCUT2D eigenvalue weighted by Crippen LogP contribution is -2.28. The summed E-state index contributed by atoms with van der Waals surface area (Å²) in [5.74, 6) is -2.11. The van der Waals surface area contributed by atoms with Crippen molar-refractivity contribution in [1.82, 2.24) is 0 Å². The third-order valence-electron chi connectivity index (χ3n) is 4.73. The third-order valence-corrected chi connectivity index (χ3v) is 4.73. The highest BCUT2D eigenvalue weighted by Crippen LogP contribution is 2.26. The zero-order chi connectivity index (χ0) is 21.0. The van der Waals surface area contributed by atoms with Crippen molar-refractivity contribution in [2.75, 3.05) is 23.4 Å². The number of carbonyl (C=O) groups excluding carboxylic acids is 4. The molecule has 0 saturated carbocycles. The molecular weight excluding hydrogens is 372 g/mol. The highest BCUT2D eigenvalue weighted by Gasteiger charge is 2.36. The van der Waals surface area contributed by atoms with Crippen LogP contribution in [0.2, 0.25) is 0 Å². The monoisotopic (exact) mass is 394 g/mol. The molecule has 29 heavy (non-hydrogen) atoms. The van der Waals surface area contributed by atoms with Gasteiger partial charge in [-0.05, 0) is 38.1 Å². The number of para-hydroxylation sites is 1. The lowest BCUT2D eigenvalue weighted by Gasteiger charge is -2.16. The van der Waals surface area contributed by atoms with Crippen molar-refractivity contribution in [2.24, 2.45) is 5.92 Å². The fourth-order valence-electron chi connectivity index (χ4n) is 3.18. The van der Waals surface area contributed by atoms with Crippen molar-refractivity contribution in [2.45, 2.75) is 20.3 Å². The van der Waals surface area contributed by atoms with Crippen LogP contribution in [0.4, 0.5) is 11.4 Å². The van der Waals surface area contributed by atoms with Gasteiger partial charge in [0.25, 0.3) is 5.91 Å². The van der Waals surface area contributed by atoms with Crippen molar-refractivity contribution in [3.8, 4) is 0 Å². The minimum atomic E-state index is -0.624. The Balaban J connectivity index is 1.54. The first-order valence-electron chi connectivity index (χ1n) is 9.28. The molecule has 7 heteroatoms. The van der Waals surface area contributed by atoms with E-state index in [0.717, 1.165) is 11.3 Å². The molecule has 1 fully saturated rings. The number of aryl methyl sites for hydroxylation is 1. The van der Waals surface area contributed by atoms with Gasteiger partial charge in [0, 0.05) is 24.2 Å². The molecule has 0 aliphatic carbocycles. The van der Waals surface area contributed by atoms with E-state index in [2.05, 4.69) is 5.32 Å². The summed E-state index contributed by atoms with van der Waals surface area (Å²) >= 11 is 0. The second-order valence-corrected chi connectivity index (χ2v) is 7.00. The zero-order valence-corrected chi connectivity index (χ0v) is 16.3. The number of benzene rings is 2. The Morgan fingerprint density at radius 3 is 2.48 bits per heavy atom. The maximum Gasteiger partial charge on any atom is 0.311 e. The van der Waals surface area contributed by atoms with Crippen molar-refractivity contribution in [3.05, 3.63) is 59.7 Å². The van der Waals surface area contributed by atoms with Crippen molar-refractivity contribution >= 4 is 34.9 Å². The van der Waals surface area contributed by atoms with Gasteiger partial charge in [-0.15, -0.1) is 0 Å². The van der Waals surface area contributed by atoms with Crippen LogP contribution in [0.3, 0.4) is 0 Å². The Labute approximate surface area is 168 Å². The maximum absolute atomic E-state index is 12.3. The van der Waals surface area contributed by atoms with E-state index in [4.69, 9.17) is 4.74 Å². The van der Waals surface area contributed by atoms with Gasteiger partial charge in [-0.3, -0.25) is 19.2 Å². The Bertz CT molecular complexity index is 952. The van der Waals surface area contributed by atoms with Crippen LogP contribution in [-0.2, 0) is 19.1 Å². The Kier molecular flexibility index (Phi) is 6.07. The summed E-state index contributed by atoms with van der Waals surface area (Å²) in [6.45, 7) is 3.09. The largest absolute Gasteiger partial charge is 0.455 e. The molecule has 0 radical (unpaired) electrons. The molecule has 1 N–H and O–H groups in total. The molecule has 3 rings (SSSR count). The molecule has 2 amide bonds. The summed E-state index contributed by atoms with van der Waals surface area (Å²) in [4.78, 5) is 49.9. The summed E-state index contributed by atoms with van der Waals surface area (Å²) in [6.07, 6.45) is 0.0432. The summed E-state index contributed by atoms with van der Waals surface area (Å²) in [7, 11) is 0. The number of hydrogen-bond acceptors (Lipinski definition) is 5. The molecule has 1 atom stereocenters. The molecule has 0 aromatic heterocycles. The van der Waals surface area contributed by atoms with E-state index in [1.54, 1.807) is 29.2 Å². The van der Waals surface area contributed by atoms with E-state index in [1.807, 2.05) is 31.2 Å². The zero-order valence-electron chi connectivity index (χ0n) is 16.3. The molecular formula is C22H22N2O5. The highest BCUT2D eigenvalue weighted by atomic mass is 16.5. The topological polar surface area (TPSA) is 92.8 Å². The molecule has 7 nitrogen and oxygen atoms in total. The molecule has 0 unspecified atom stereocenters. The fourth-order valence-corrected chi connectivity index (χ4v) is 3.18. The van der Waals surface area contributed by atoms with Crippen molar-refractivity contribution in [3.63, 3.8) is 0 Å². The van der Waals surface area contributed by atoms with E-state index in [0.29, 0.717) is 11.3 Å². The predicted molar refractivity (Wildman–Crippen MR) is 108 cm³/mol. The van der Waals surface area contributed by atoms with Gasteiger partial charge in [0.15, 0.2) is 12.4 Å². The van der Waals surface area contributed by atoms with Gasteiger partial charge >= 0.3 is 5.97 Å². The highest BCUT2D eigenvalue weighted by molar-refractivity contribution is 6.04. The molecule has 150 valence electrons. The number of ether oxygens (including phenoxy) is 1. The number of anilines is 2. The van der Waals surface area contributed by atoms with E-state index >= 15 is 0 Å². The van der Waals surface area contributed by atoms with Crippen LogP contribution in [0.5, 0.6) is 0 Å². The van der Waals surface area contributed by atoms with Crippen LogP contribution in [0, 0.1) is 12.8 Å². The third kappa shape index (κ3) is 4.87. The molecule has 0 bridgehead atoms. The van der Waals surface area contributed by atoms with Crippen LogP contribution >= 0.6 is 0 Å². The van der Waals surface area contributed by atoms with E-state index in [-0.39, 0.29) is 24.7 Å². The number of rotatable bonds is 6. The van der Waals surface area contributed by atoms with E-state index < -0.39 is 24.4 Å². The number of nitrogens with one attached hydrogen (secondary N) is 1. The molecule has 2 aromatic rings. The summed E-state index contributed by atoms with van der Waals surface area (Å²) in [5.41, 5.74) is 2.55. The predicted octanol–water partition coefficient (Wildman–Crippen LogP) is 2.73. The first-order chi connectivity index (χ1) is 13.8. The lowest BCUT2D eigenvalue weighted by atomic mass is 10.1. The fraction of sp³-hybridized carbons (Fsp3) is 0.273. The van der Waals surface area contributed by atoms with Crippen LogP contribution in [-0.4, -0.2) is 36.7 Å². The van der Waals surface area contributed by atoms with Gasteiger partial charge in [-0.2, -0.15) is 0 Å². The molecule has 2 aromatic carbocycles. The lowest BCUT2D eigenvalue weighted by molar-refractivity contribution is -0.151. The number of Topliss-reactive ketones (excluding diaryl/α,β-unsaturated/α-hetero) is 1. The smallest absolute Gasteiger partial charge is 0.311 e. The van der Waals surface area contributed by atoms with Crippen LogP contribution in [0.25, 0.3) is 0 Å². The normalized spacial score (nSPS) is 15.9. The summed E-state index contributed by atoms with van der Waals surface area (Å²) in [6, 6.07) is 14.1. The first kappa shape index (κ1) is 20.3. The summed E-state index contributed by atoms with van der Waals surface area (Å²) in [5, 5.41) is 2.57. The van der Waals surface area contributed by atoms with Crippen LogP contribution in [0.15, 0.2) is 48.5 Å². The van der Waals surface area contributed by atoms with Crippen LogP contribution in [0.1, 0.15) is 29.3 Å². The maximum atomic E-state index is 12.3. The first-order valence-corrected chi connectivity index (χ1v) is 9.28. The summed E-state index contributed by atoms with van der Waals surface area (Å²) < 4.78 is 5.10. The van der Waals surface area contributed by atoms with Gasteiger partial charge in [0.05, 0.1) is 11.6 Å². The molecule has 1 saturated heterocycles. The average Bonchev–Trinajstić information content (AvgIpc) is 3.09. The van der Waals surface area contributed by atoms with Gasteiger partial charge in [-0.25, -0.2) is 0 Å². The second-order valence-electron chi connectivity index (χ2n) is 7.00. The quantitative estimate of drug-likeness (QED) is 0.601. The number of nitrogens with zero attached hydrogens (tertiary/aromatic N) is 1. The Hall–Kier alpha value is -3.48. The van der Waals surface area contributed by atoms with Crippen LogP contribution < -0.4 is 10.2 Å². The van der Waals surface area contributed by atoms with Crippen molar-refractivity contribution < 1.29 is 23.9 Å². The minimum Gasteiger partial charge on any atom is -0.455 e. The van der Waals surface area contributed by atoms with E-state index in [9.17, 15) is 19.2 Å². The number of ketones is 1. The van der Waals surface area contributed by atoms with Gasteiger partial charge < -0.3 is 15.0 Å². The Morgan fingerprint density at radius 2 is 1.79 bits per heavy atom. The molecule has 1 aliphatic heterocycles. The van der Waals surface area contributed by atoms with Gasteiger partial charge in [0.1, 0.15) is 0 Å². The Morgan fingerprint density at radius 1 is 1.10 bits per heavy atom. The van der Waals surface area contributed by atoms with Gasteiger partial charge in [0.2, 0.25) is 5.91 Å². The van der Waals surface area contributed by atoms with E-state index in [1.165, 1.54) is 6.92 Å². The number of amides is 2. The number of esters is 1. The number of hydrogen-bond donors (Lipinski definition) is 1. The van der Waals surface area contributed by atoms with Crippen molar-refractivity contribution in [1.29, 1.82) is 0 Å². The standard InChI is InChI=1S/C22H22N2O5/c1-14-7-9-17(10-8-14)24-12-16(11-21(24)27)22(28)29-13-20(26)23-19-6-4-3-5-18(19)15(2)25/h3-10,16H,11-13H2,1-2H3,(H,23,26)/t16-/m0/s1. The molecule has 1 heterocycles.